The van der Waals surface area contributed by atoms with E-state index in [1.54, 1.807) is 11.6 Å². The fourth-order valence-electron chi connectivity index (χ4n) is 3.42. The molecule has 4 rings (SSSR count). The van der Waals surface area contributed by atoms with Crippen LogP contribution in [0.3, 0.4) is 0 Å². The first-order valence-electron chi connectivity index (χ1n) is 9.17. The normalized spacial score (nSPS) is 13.9. The average molecular weight is 365 g/mol. The minimum atomic E-state index is -0.202. The van der Waals surface area contributed by atoms with E-state index in [9.17, 15) is 4.79 Å². The molecule has 1 saturated heterocycles. The van der Waals surface area contributed by atoms with Crippen molar-refractivity contribution < 1.29 is 9.53 Å². The van der Waals surface area contributed by atoms with Crippen molar-refractivity contribution in [2.24, 2.45) is 0 Å². The fourth-order valence-corrected chi connectivity index (χ4v) is 3.42. The number of hydrogen-bond donors (Lipinski definition) is 1. The highest BCUT2D eigenvalue weighted by atomic mass is 16.5. The van der Waals surface area contributed by atoms with E-state index in [1.807, 2.05) is 43.5 Å². The Balaban J connectivity index is 1.56. The molecule has 0 radical (unpaired) electrons. The second-order valence-electron chi connectivity index (χ2n) is 6.79. The van der Waals surface area contributed by atoms with E-state index in [4.69, 9.17) is 4.74 Å². The number of nitrogens with zero attached hydrogens (tertiary/aromatic N) is 4. The summed E-state index contributed by atoms with van der Waals surface area (Å²) < 4.78 is 6.98. The third-order valence-corrected chi connectivity index (χ3v) is 4.78. The number of methoxy groups -OCH3 is 1. The summed E-state index contributed by atoms with van der Waals surface area (Å²) in [6.45, 7) is 4.35. The van der Waals surface area contributed by atoms with Gasteiger partial charge in [0.2, 0.25) is 0 Å². The number of ether oxygens (including phenoxy) is 1. The maximum atomic E-state index is 12.6. The fraction of sp³-hybridized carbons (Fsp3) is 0.350. The Bertz CT molecular complexity index is 976. The molecule has 1 aliphatic heterocycles. The molecular formula is C20H23N5O2. The predicted molar refractivity (Wildman–Crippen MR) is 103 cm³/mol. The van der Waals surface area contributed by atoms with E-state index >= 15 is 0 Å². The van der Waals surface area contributed by atoms with Gasteiger partial charge in [-0.15, -0.1) is 0 Å². The molecule has 0 spiro atoms. The van der Waals surface area contributed by atoms with Crippen LogP contribution in [0.1, 0.15) is 34.6 Å². The number of fused-ring (bicyclic) bond motifs is 1. The van der Waals surface area contributed by atoms with Crippen molar-refractivity contribution in [1.82, 2.24) is 19.9 Å². The second kappa shape index (κ2) is 7.26. The molecule has 0 atom stereocenters. The molecule has 7 nitrogen and oxygen atoms in total. The quantitative estimate of drug-likeness (QED) is 0.752. The highest BCUT2D eigenvalue weighted by Gasteiger charge is 2.20. The van der Waals surface area contributed by atoms with Crippen molar-refractivity contribution in [3.8, 4) is 5.75 Å². The molecule has 1 N–H and O–H groups in total. The van der Waals surface area contributed by atoms with Gasteiger partial charge in [-0.3, -0.25) is 4.79 Å². The van der Waals surface area contributed by atoms with Gasteiger partial charge in [0, 0.05) is 25.7 Å². The molecule has 0 aliphatic carbocycles. The molecule has 140 valence electrons. The van der Waals surface area contributed by atoms with Gasteiger partial charge in [-0.2, -0.15) is 5.10 Å². The summed E-state index contributed by atoms with van der Waals surface area (Å²) in [7, 11) is 1.63. The van der Waals surface area contributed by atoms with Gasteiger partial charge in [-0.05, 0) is 37.5 Å². The van der Waals surface area contributed by atoms with E-state index in [2.05, 4.69) is 20.3 Å². The summed E-state index contributed by atoms with van der Waals surface area (Å²) >= 11 is 0. The number of benzene rings is 1. The molecule has 0 unspecified atom stereocenters. The highest BCUT2D eigenvalue weighted by Crippen LogP contribution is 2.24. The second-order valence-corrected chi connectivity index (χ2v) is 6.79. The van der Waals surface area contributed by atoms with Crippen molar-refractivity contribution in [2.45, 2.75) is 26.3 Å². The van der Waals surface area contributed by atoms with Crippen molar-refractivity contribution in [3.63, 3.8) is 0 Å². The lowest BCUT2D eigenvalue weighted by Gasteiger charge is -2.17. The van der Waals surface area contributed by atoms with Crippen molar-refractivity contribution in [2.75, 3.05) is 25.1 Å². The van der Waals surface area contributed by atoms with Crippen LogP contribution in [0, 0.1) is 6.92 Å². The predicted octanol–water partition coefficient (Wildman–Crippen LogP) is 2.58. The summed E-state index contributed by atoms with van der Waals surface area (Å²) in [6.07, 6.45) is 4.20. The van der Waals surface area contributed by atoms with Crippen LogP contribution in [0.5, 0.6) is 5.75 Å². The minimum Gasteiger partial charge on any atom is -0.497 e. The largest absolute Gasteiger partial charge is 0.497 e. The maximum absolute atomic E-state index is 12.6. The number of aryl methyl sites for hydroxylation is 1. The standard InChI is InChI=1S/C20H23N5O2/c1-14-13-25-18(19(22-14)24-8-3-4-9-24)11-17(23-25)20(26)21-12-15-6-5-7-16(10-15)27-2/h5-7,10-11,13H,3-4,8-9,12H2,1-2H3,(H,21,26). The van der Waals surface area contributed by atoms with E-state index in [1.165, 1.54) is 12.8 Å². The van der Waals surface area contributed by atoms with Crippen LogP contribution < -0.4 is 15.0 Å². The summed E-state index contributed by atoms with van der Waals surface area (Å²) in [6, 6.07) is 9.46. The number of aromatic nitrogens is 3. The van der Waals surface area contributed by atoms with Crippen LogP contribution in [-0.4, -0.2) is 40.7 Å². The van der Waals surface area contributed by atoms with Crippen LogP contribution in [0.25, 0.3) is 5.52 Å². The molecule has 1 aromatic carbocycles. The number of amides is 1. The third-order valence-electron chi connectivity index (χ3n) is 4.78. The molecule has 1 aliphatic rings. The highest BCUT2D eigenvalue weighted by molar-refractivity contribution is 5.94. The van der Waals surface area contributed by atoms with Gasteiger partial charge in [-0.1, -0.05) is 12.1 Å². The van der Waals surface area contributed by atoms with Crippen LogP contribution >= 0.6 is 0 Å². The lowest BCUT2D eigenvalue weighted by Crippen LogP contribution is -2.23. The Labute approximate surface area is 158 Å². The Kier molecular flexibility index (Phi) is 4.66. The van der Waals surface area contributed by atoms with Crippen molar-refractivity contribution in [1.29, 1.82) is 0 Å². The van der Waals surface area contributed by atoms with E-state index < -0.39 is 0 Å². The van der Waals surface area contributed by atoms with E-state index in [0.717, 1.165) is 41.4 Å². The van der Waals surface area contributed by atoms with Crippen LogP contribution in [0.4, 0.5) is 5.82 Å². The van der Waals surface area contributed by atoms with Crippen molar-refractivity contribution >= 4 is 17.2 Å². The molecule has 3 heterocycles. The zero-order valence-electron chi connectivity index (χ0n) is 15.6. The van der Waals surface area contributed by atoms with E-state index in [0.29, 0.717) is 12.2 Å². The first kappa shape index (κ1) is 17.3. The number of carbonyl (C=O) groups is 1. The Morgan fingerprint density at radius 2 is 2.07 bits per heavy atom. The Hall–Kier alpha value is -3.09. The van der Waals surface area contributed by atoms with Crippen molar-refractivity contribution in [3.05, 3.63) is 53.5 Å². The molecular weight excluding hydrogens is 342 g/mol. The number of rotatable bonds is 5. The Morgan fingerprint density at radius 3 is 2.85 bits per heavy atom. The number of carbonyl (C=O) groups excluding carboxylic acids is 1. The van der Waals surface area contributed by atoms with Gasteiger partial charge in [0.1, 0.15) is 11.3 Å². The van der Waals surface area contributed by atoms with Crippen LogP contribution in [0.15, 0.2) is 36.5 Å². The lowest BCUT2D eigenvalue weighted by atomic mass is 10.2. The SMILES string of the molecule is COc1cccc(CNC(=O)c2cc3c(N4CCCC4)nc(C)cn3n2)c1. The number of nitrogens with one attached hydrogen (secondary N) is 1. The zero-order valence-corrected chi connectivity index (χ0v) is 15.6. The molecule has 27 heavy (non-hydrogen) atoms. The molecule has 0 saturated carbocycles. The van der Waals surface area contributed by atoms with Gasteiger partial charge in [0.05, 0.1) is 19.0 Å². The van der Waals surface area contributed by atoms with Gasteiger partial charge >= 0.3 is 0 Å². The van der Waals surface area contributed by atoms with Crippen LogP contribution in [0.2, 0.25) is 0 Å². The van der Waals surface area contributed by atoms with Gasteiger partial charge in [-0.25, -0.2) is 9.50 Å². The van der Waals surface area contributed by atoms with E-state index in [-0.39, 0.29) is 5.91 Å². The molecule has 0 bridgehead atoms. The zero-order chi connectivity index (χ0) is 18.8. The topological polar surface area (TPSA) is 71.8 Å². The van der Waals surface area contributed by atoms with Crippen LogP contribution in [-0.2, 0) is 6.54 Å². The summed E-state index contributed by atoms with van der Waals surface area (Å²) in [5.74, 6) is 1.48. The maximum Gasteiger partial charge on any atom is 0.272 e. The smallest absolute Gasteiger partial charge is 0.272 e. The minimum absolute atomic E-state index is 0.202. The first-order chi connectivity index (χ1) is 13.1. The summed E-state index contributed by atoms with van der Waals surface area (Å²) in [4.78, 5) is 19.6. The summed E-state index contributed by atoms with van der Waals surface area (Å²) in [5, 5.41) is 7.39. The molecule has 7 heteroatoms. The average Bonchev–Trinajstić information content (AvgIpc) is 3.35. The molecule has 1 fully saturated rings. The summed E-state index contributed by atoms with van der Waals surface area (Å²) in [5.41, 5.74) is 3.12. The number of anilines is 1. The number of hydrogen-bond acceptors (Lipinski definition) is 5. The van der Waals surface area contributed by atoms with Gasteiger partial charge in [0.15, 0.2) is 11.5 Å². The molecule has 1 amide bonds. The monoisotopic (exact) mass is 365 g/mol. The van der Waals surface area contributed by atoms with Gasteiger partial charge in [0.25, 0.3) is 5.91 Å². The molecule has 3 aromatic rings. The lowest BCUT2D eigenvalue weighted by molar-refractivity contribution is 0.0945. The molecule has 2 aromatic heterocycles. The Morgan fingerprint density at radius 1 is 1.26 bits per heavy atom. The third kappa shape index (κ3) is 3.58. The van der Waals surface area contributed by atoms with Gasteiger partial charge < -0.3 is 15.0 Å². The first-order valence-corrected chi connectivity index (χ1v) is 9.17.